The molecule has 9 heteroatoms. The largest absolute Gasteiger partial charge is 0.369 e. The second-order valence-corrected chi connectivity index (χ2v) is 7.26. The van der Waals surface area contributed by atoms with Crippen LogP contribution >= 0.6 is 11.6 Å². The van der Waals surface area contributed by atoms with Crippen LogP contribution < -0.4 is 16.4 Å². The molecule has 4 atom stereocenters. The van der Waals surface area contributed by atoms with Crippen LogP contribution in [0.1, 0.15) is 19.3 Å². The minimum atomic E-state index is -0.247. The first-order valence-electron chi connectivity index (χ1n) is 8.35. The van der Waals surface area contributed by atoms with Gasteiger partial charge in [0.25, 0.3) is 0 Å². The smallest absolute Gasteiger partial charge is 0.229 e. The maximum Gasteiger partial charge on any atom is 0.229 e. The number of fused-ring (bicyclic) bond motifs is 2. The molecule has 4 N–H and O–H groups in total. The summed E-state index contributed by atoms with van der Waals surface area (Å²) in [6, 6.07) is -0.0186. The van der Waals surface area contributed by atoms with Crippen LogP contribution in [0.15, 0.2) is 18.6 Å². The third-order valence-electron chi connectivity index (χ3n) is 5.25. The highest BCUT2D eigenvalue weighted by Crippen LogP contribution is 2.49. The molecule has 0 radical (unpaired) electrons. The van der Waals surface area contributed by atoms with Gasteiger partial charge in [-0.1, -0.05) is 11.6 Å². The Labute approximate surface area is 150 Å². The third-order valence-corrected chi connectivity index (χ3v) is 5.53. The first kappa shape index (κ1) is 16.1. The summed E-state index contributed by atoms with van der Waals surface area (Å²) < 4.78 is 1.68. The third kappa shape index (κ3) is 3.02. The van der Waals surface area contributed by atoms with E-state index < -0.39 is 0 Å². The number of rotatable bonds is 5. The van der Waals surface area contributed by atoms with Crippen molar-refractivity contribution in [2.45, 2.75) is 25.3 Å². The lowest BCUT2D eigenvalue weighted by Crippen LogP contribution is -2.42. The lowest BCUT2D eigenvalue weighted by Gasteiger charge is -2.30. The second kappa shape index (κ2) is 6.18. The molecule has 2 aromatic rings. The summed E-state index contributed by atoms with van der Waals surface area (Å²) in [5.41, 5.74) is 6.42. The molecule has 0 aromatic carbocycles. The number of nitrogens with one attached hydrogen (secondary N) is 2. The molecule has 2 saturated carbocycles. The summed E-state index contributed by atoms with van der Waals surface area (Å²) in [5, 5.41) is 11.0. The fourth-order valence-electron chi connectivity index (χ4n) is 4.21. The number of halogens is 1. The number of nitrogens with two attached hydrogens (primary N) is 1. The highest BCUT2D eigenvalue weighted by atomic mass is 35.5. The Morgan fingerprint density at radius 1 is 1.36 bits per heavy atom. The molecule has 8 nitrogen and oxygen atoms in total. The van der Waals surface area contributed by atoms with E-state index in [9.17, 15) is 4.79 Å². The monoisotopic (exact) mass is 361 g/mol. The Balaban J connectivity index is 1.55. The molecule has 0 aliphatic heterocycles. The van der Waals surface area contributed by atoms with Crippen molar-refractivity contribution in [3.05, 3.63) is 23.6 Å². The van der Waals surface area contributed by atoms with Crippen LogP contribution in [-0.4, -0.2) is 31.7 Å². The summed E-state index contributed by atoms with van der Waals surface area (Å²) in [6.07, 6.45) is 8.27. The van der Waals surface area contributed by atoms with Gasteiger partial charge >= 0.3 is 0 Å². The fourth-order valence-corrected chi connectivity index (χ4v) is 4.36. The van der Waals surface area contributed by atoms with E-state index in [1.54, 1.807) is 17.1 Å². The predicted molar refractivity (Wildman–Crippen MR) is 94.5 cm³/mol. The Kier molecular flexibility index (Phi) is 3.99. The molecule has 1 amide bonds. The van der Waals surface area contributed by atoms with Crippen molar-refractivity contribution in [3.63, 3.8) is 0 Å². The number of anilines is 3. The number of hydrogen-bond acceptors (Lipinski definition) is 6. The molecule has 0 saturated heterocycles. The molecule has 132 valence electrons. The van der Waals surface area contributed by atoms with Crippen LogP contribution in [0.2, 0.25) is 5.02 Å². The molecule has 25 heavy (non-hydrogen) atoms. The number of hydrogen-bond donors (Lipinski definition) is 3. The molecule has 2 aliphatic carbocycles. The van der Waals surface area contributed by atoms with Crippen molar-refractivity contribution in [2.24, 2.45) is 30.5 Å². The van der Waals surface area contributed by atoms with E-state index in [1.165, 1.54) is 0 Å². The van der Waals surface area contributed by atoms with Crippen LogP contribution in [-0.2, 0) is 11.8 Å². The molecule has 4 rings (SSSR count). The standard InChI is InChI=1S/C16H20ClN7O/c1-24-7-10(5-20-24)21-16-19-6-11(17)15(23-16)22-13-9-3-2-8(4-9)12(13)14(18)25/h5-9,12-13H,2-4H2,1H3,(H2,18,25)(H2,19,21,22,23)/t8-,9+,12+,13-/m0/s1. The van der Waals surface area contributed by atoms with Gasteiger partial charge in [0, 0.05) is 19.3 Å². The number of aromatic nitrogens is 4. The van der Waals surface area contributed by atoms with Crippen LogP contribution in [0.4, 0.5) is 17.5 Å². The minimum Gasteiger partial charge on any atom is -0.369 e. The summed E-state index contributed by atoms with van der Waals surface area (Å²) in [6.45, 7) is 0. The number of carbonyl (C=O) groups excluding carboxylic acids is 1. The van der Waals surface area contributed by atoms with Gasteiger partial charge in [-0.05, 0) is 31.1 Å². The van der Waals surface area contributed by atoms with Crippen LogP contribution in [0.25, 0.3) is 0 Å². The lowest BCUT2D eigenvalue weighted by atomic mass is 9.84. The average molecular weight is 362 g/mol. The van der Waals surface area contributed by atoms with Gasteiger partial charge in [0.15, 0.2) is 5.82 Å². The summed E-state index contributed by atoms with van der Waals surface area (Å²) in [7, 11) is 1.83. The Bertz CT molecular complexity index is 808. The number of nitrogens with zero attached hydrogens (tertiary/aromatic N) is 4. The molecule has 2 aliphatic rings. The zero-order valence-corrected chi connectivity index (χ0v) is 14.6. The maximum atomic E-state index is 11.9. The van der Waals surface area contributed by atoms with Gasteiger partial charge in [-0.25, -0.2) is 4.98 Å². The van der Waals surface area contributed by atoms with E-state index in [1.807, 2.05) is 13.2 Å². The van der Waals surface area contributed by atoms with Gasteiger partial charge in [-0.2, -0.15) is 10.1 Å². The second-order valence-electron chi connectivity index (χ2n) is 6.85. The topological polar surface area (TPSA) is 111 Å². The van der Waals surface area contributed by atoms with Gasteiger partial charge in [-0.15, -0.1) is 0 Å². The van der Waals surface area contributed by atoms with E-state index in [0.29, 0.717) is 28.6 Å². The highest BCUT2D eigenvalue weighted by molar-refractivity contribution is 6.32. The molecular formula is C16H20ClN7O. The summed E-state index contributed by atoms with van der Waals surface area (Å²) in [5.74, 6) is 1.32. The molecule has 0 spiro atoms. The van der Waals surface area contributed by atoms with E-state index >= 15 is 0 Å². The van der Waals surface area contributed by atoms with Gasteiger partial charge < -0.3 is 16.4 Å². The zero-order valence-electron chi connectivity index (χ0n) is 13.8. The first-order valence-corrected chi connectivity index (χ1v) is 8.73. The number of carbonyl (C=O) groups is 1. The van der Waals surface area contributed by atoms with Crippen LogP contribution in [0.3, 0.4) is 0 Å². The number of primary amides is 1. The Morgan fingerprint density at radius 2 is 2.16 bits per heavy atom. The van der Waals surface area contributed by atoms with Gasteiger partial charge in [0.05, 0.1) is 24.0 Å². The van der Waals surface area contributed by atoms with Gasteiger partial charge in [0.1, 0.15) is 5.02 Å². The quantitative estimate of drug-likeness (QED) is 0.750. The first-order chi connectivity index (χ1) is 12.0. The average Bonchev–Trinajstić information content (AvgIpc) is 3.26. The van der Waals surface area contributed by atoms with Crippen LogP contribution in [0, 0.1) is 17.8 Å². The van der Waals surface area contributed by atoms with Crippen LogP contribution in [0.5, 0.6) is 0 Å². The van der Waals surface area contributed by atoms with Crippen molar-refractivity contribution in [1.82, 2.24) is 19.7 Å². The normalized spacial score (nSPS) is 27.4. The summed E-state index contributed by atoms with van der Waals surface area (Å²) >= 11 is 6.26. The highest BCUT2D eigenvalue weighted by Gasteiger charge is 2.50. The van der Waals surface area contributed by atoms with Crippen molar-refractivity contribution in [1.29, 1.82) is 0 Å². The Hall–Kier alpha value is -2.35. The molecule has 2 fully saturated rings. The van der Waals surface area contributed by atoms with E-state index in [4.69, 9.17) is 17.3 Å². The lowest BCUT2D eigenvalue weighted by molar-refractivity contribution is -0.123. The number of amides is 1. The predicted octanol–water partition coefficient (Wildman–Crippen LogP) is 1.92. The van der Waals surface area contributed by atoms with Gasteiger partial charge in [-0.3, -0.25) is 9.48 Å². The maximum absolute atomic E-state index is 11.9. The number of aryl methyl sites for hydroxylation is 1. The summed E-state index contributed by atoms with van der Waals surface area (Å²) in [4.78, 5) is 20.5. The van der Waals surface area contributed by atoms with E-state index in [-0.39, 0.29) is 17.9 Å². The van der Waals surface area contributed by atoms with E-state index in [0.717, 1.165) is 24.9 Å². The fraction of sp³-hybridized carbons (Fsp3) is 0.500. The minimum absolute atomic E-state index is 0.0186. The van der Waals surface area contributed by atoms with Crippen molar-refractivity contribution in [2.75, 3.05) is 10.6 Å². The Morgan fingerprint density at radius 3 is 2.88 bits per heavy atom. The molecule has 2 aromatic heterocycles. The molecular weight excluding hydrogens is 342 g/mol. The van der Waals surface area contributed by atoms with E-state index in [2.05, 4.69) is 25.7 Å². The SMILES string of the molecule is Cn1cc(Nc2ncc(Cl)c(N[C@H]3[C@@H]4CC[C@@H](C4)[C@H]3C(N)=O)n2)cn1. The van der Waals surface area contributed by atoms with Crippen molar-refractivity contribution in [3.8, 4) is 0 Å². The molecule has 2 bridgehead atoms. The van der Waals surface area contributed by atoms with Gasteiger partial charge in [0.2, 0.25) is 11.9 Å². The molecule has 2 heterocycles. The zero-order chi connectivity index (χ0) is 17.6. The molecule has 0 unspecified atom stereocenters. The van der Waals surface area contributed by atoms with Crippen molar-refractivity contribution >= 4 is 35.0 Å². The van der Waals surface area contributed by atoms with Crippen molar-refractivity contribution < 1.29 is 4.79 Å².